The van der Waals surface area contributed by atoms with Gasteiger partial charge in [0, 0.05) is 30.3 Å². The molecule has 1 aromatic carbocycles. The van der Waals surface area contributed by atoms with Crippen molar-refractivity contribution in [2.24, 2.45) is 5.92 Å². The van der Waals surface area contributed by atoms with Gasteiger partial charge in [-0.1, -0.05) is 18.0 Å². The smallest absolute Gasteiger partial charge is 0.265 e. The van der Waals surface area contributed by atoms with Crippen molar-refractivity contribution in [3.05, 3.63) is 45.1 Å². The monoisotopic (exact) mass is 554 g/mol. The number of ether oxygens (including phenoxy) is 1. The van der Waals surface area contributed by atoms with Gasteiger partial charge in [0.2, 0.25) is 11.8 Å². The Labute approximate surface area is 220 Å². The van der Waals surface area contributed by atoms with Gasteiger partial charge < -0.3 is 25.6 Å². The van der Waals surface area contributed by atoms with Crippen LogP contribution in [0.25, 0.3) is 0 Å². The van der Waals surface area contributed by atoms with Crippen molar-refractivity contribution >= 4 is 57.9 Å². The Morgan fingerprint density at radius 2 is 1.97 bits per heavy atom. The number of carbonyl (C=O) groups excluding carboxylic acids is 4. The lowest BCUT2D eigenvalue weighted by Gasteiger charge is -2.29. The third kappa shape index (κ3) is 6.62. The molecular weight excluding hydrogens is 530 g/mol. The van der Waals surface area contributed by atoms with Gasteiger partial charge in [0.25, 0.3) is 18.2 Å². The van der Waals surface area contributed by atoms with Gasteiger partial charge in [0.1, 0.15) is 12.6 Å². The topological polar surface area (TPSA) is 117 Å². The number of alkyl halides is 2. The highest BCUT2D eigenvalue weighted by Crippen LogP contribution is 2.33. The Bertz CT molecular complexity index is 1190. The van der Waals surface area contributed by atoms with Crippen LogP contribution in [0.15, 0.2) is 30.3 Å². The van der Waals surface area contributed by atoms with Crippen molar-refractivity contribution in [3.8, 4) is 0 Å². The molecule has 1 aliphatic carbocycles. The largest absolute Gasteiger partial charge is 0.370 e. The van der Waals surface area contributed by atoms with E-state index in [-0.39, 0.29) is 49.5 Å². The number of amides is 4. The van der Waals surface area contributed by atoms with Crippen molar-refractivity contribution in [1.29, 1.82) is 0 Å². The third-order valence-electron chi connectivity index (χ3n) is 6.18. The first-order valence-electron chi connectivity index (χ1n) is 11.7. The average molecular weight is 555 g/mol. The molecule has 9 nitrogen and oxygen atoms in total. The van der Waals surface area contributed by atoms with Crippen molar-refractivity contribution in [1.82, 2.24) is 10.6 Å². The molecule has 3 N–H and O–H groups in total. The fraction of sp³-hybridized carbons (Fsp3) is 0.417. The molecule has 37 heavy (non-hydrogen) atoms. The quantitative estimate of drug-likeness (QED) is 0.439. The molecule has 1 aliphatic heterocycles. The van der Waals surface area contributed by atoms with E-state index in [2.05, 4.69) is 16.0 Å². The normalized spacial score (nSPS) is 16.8. The van der Waals surface area contributed by atoms with Crippen LogP contribution in [0.2, 0.25) is 4.34 Å². The first-order valence-corrected chi connectivity index (χ1v) is 12.9. The van der Waals surface area contributed by atoms with Gasteiger partial charge in [-0.05, 0) is 43.2 Å². The second-order valence-electron chi connectivity index (χ2n) is 8.66. The van der Waals surface area contributed by atoms with Crippen LogP contribution < -0.4 is 20.9 Å². The zero-order chi connectivity index (χ0) is 26.5. The third-order valence-corrected chi connectivity index (χ3v) is 7.41. The second kappa shape index (κ2) is 12.0. The van der Waals surface area contributed by atoms with Crippen LogP contribution in [0.5, 0.6) is 0 Å². The zero-order valence-corrected chi connectivity index (χ0v) is 21.2. The van der Waals surface area contributed by atoms with Crippen LogP contribution in [0.4, 0.5) is 20.2 Å². The molecule has 1 atom stereocenters. The number of thiophene rings is 1. The minimum Gasteiger partial charge on any atom is -0.370 e. The zero-order valence-electron chi connectivity index (χ0n) is 19.6. The van der Waals surface area contributed by atoms with Crippen molar-refractivity contribution in [2.45, 2.75) is 31.7 Å². The lowest BCUT2D eigenvalue weighted by Crippen LogP contribution is -2.52. The summed E-state index contributed by atoms with van der Waals surface area (Å²) in [6.45, 7) is -0.0684. The summed E-state index contributed by atoms with van der Waals surface area (Å²) in [6, 6.07) is 5.79. The van der Waals surface area contributed by atoms with Gasteiger partial charge in [-0.25, -0.2) is 8.78 Å². The van der Waals surface area contributed by atoms with Crippen molar-refractivity contribution in [2.75, 3.05) is 36.5 Å². The Balaban J connectivity index is 1.48. The number of nitrogens with zero attached hydrogens (tertiary/aromatic N) is 1. The highest BCUT2D eigenvalue weighted by Gasteiger charge is 2.30. The molecule has 0 unspecified atom stereocenters. The highest BCUT2D eigenvalue weighted by molar-refractivity contribution is 7.18. The molecule has 2 fully saturated rings. The van der Waals surface area contributed by atoms with Crippen LogP contribution in [0, 0.1) is 5.92 Å². The molecular formula is C24H25ClF2N4O5S. The van der Waals surface area contributed by atoms with E-state index in [1.165, 1.54) is 23.1 Å². The van der Waals surface area contributed by atoms with E-state index in [9.17, 15) is 28.0 Å². The SMILES string of the molecule is O=C(NC[C@H](NC(=O)C1CCC1)C(=O)Nc1ccc(N2CCOCC2=O)c(C(F)F)c1)c1ccc(Cl)s1. The van der Waals surface area contributed by atoms with Gasteiger partial charge in [-0.3, -0.25) is 19.2 Å². The van der Waals surface area contributed by atoms with E-state index in [1.807, 2.05) is 0 Å². The molecule has 2 aliphatic rings. The molecule has 13 heteroatoms. The highest BCUT2D eigenvalue weighted by atomic mass is 35.5. The summed E-state index contributed by atoms with van der Waals surface area (Å²) in [7, 11) is 0. The molecule has 0 bridgehead atoms. The number of hydrogen-bond acceptors (Lipinski definition) is 6. The number of halogens is 3. The molecule has 4 amide bonds. The lowest BCUT2D eigenvalue weighted by molar-refractivity contribution is -0.131. The fourth-order valence-electron chi connectivity index (χ4n) is 3.94. The van der Waals surface area contributed by atoms with Gasteiger partial charge >= 0.3 is 0 Å². The number of anilines is 2. The van der Waals surface area contributed by atoms with E-state index in [0.29, 0.717) is 22.1 Å². The summed E-state index contributed by atoms with van der Waals surface area (Å²) in [6.07, 6.45) is -0.577. The first-order chi connectivity index (χ1) is 17.7. The van der Waals surface area contributed by atoms with Crippen LogP contribution in [-0.4, -0.2) is 56.0 Å². The van der Waals surface area contributed by atoms with Gasteiger partial charge in [0.05, 0.1) is 21.5 Å². The lowest BCUT2D eigenvalue weighted by atomic mass is 9.84. The van der Waals surface area contributed by atoms with E-state index in [4.69, 9.17) is 16.3 Å². The van der Waals surface area contributed by atoms with Crippen molar-refractivity contribution < 1.29 is 32.7 Å². The second-order valence-corrected chi connectivity index (χ2v) is 10.4. The minimum absolute atomic E-state index is 0.0398. The summed E-state index contributed by atoms with van der Waals surface area (Å²) in [4.78, 5) is 51.8. The number of rotatable bonds is 9. The number of nitrogens with one attached hydrogen (secondary N) is 3. The molecule has 2 aromatic rings. The van der Waals surface area contributed by atoms with E-state index < -0.39 is 35.8 Å². The maximum Gasteiger partial charge on any atom is 0.265 e. The van der Waals surface area contributed by atoms with Gasteiger partial charge in [-0.2, -0.15) is 0 Å². The Hall–Kier alpha value is -3.09. The van der Waals surface area contributed by atoms with Crippen LogP contribution in [-0.2, 0) is 19.1 Å². The summed E-state index contributed by atoms with van der Waals surface area (Å²) in [5, 5.41) is 7.80. The summed E-state index contributed by atoms with van der Waals surface area (Å²) >= 11 is 6.94. The molecule has 1 saturated carbocycles. The predicted octanol–water partition coefficient (Wildman–Crippen LogP) is 3.36. The average Bonchev–Trinajstić information content (AvgIpc) is 3.27. The number of benzene rings is 1. The van der Waals surface area contributed by atoms with E-state index in [1.54, 1.807) is 6.07 Å². The van der Waals surface area contributed by atoms with Crippen LogP contribution in [0.3, 0.4) is 0 Å². The number of carbonyl (C=O) groups is 4. The molecule has 2 heterocycles. The summed E-state index contributed by atoms with van der Waals surface area (Å²) < 4.78 is 33.2. The fourth-order valence-corrected chi connectivity index (χ4v) is 4.90. The Morgan fingerprint density at radius 3 is 2.59 bits per heavy atom. The van der Waals surface area contributed by atoms with Gasteiger partial charge in [0.15, 0.2) is 0 Å². The standard InChI is InChI=1S/C24H25ClF2N4O5S/c25-19-7-6-18(37-19)24(35)28-11-16(30-22(33)13-2-1-3-13)23(34)29-14-4-5-17(15(10-14)21(26)27)31-8-9-36-12-20(31)32/h4-7,10,13,16,21H,1-3,8-9,11-12H2,(H,28,35)(H,29,34)(H,30,33)/t16-/m0/s1. The Kier molecular flexibility index (Phi) is 8.72. The number of hydrogen-bond donors (Lipinski definition) is 3. The molecule has 1 aromatic heterocycles. The molecule has 198 valence electrons. The van der Waals surface area contributed by atoms with Crippen LogP contribution in [0.1, 0.15) is 40.9 Å². The molecule has 1 saturated heterocycles. The van der Waals surface area contributed by atoms with E-state index >= 15 is 0 Å². The van der Waals surface area contributed by atoms with Crippen molar-refractivity contribution in [3.63, 3.8) is 0 Å². The Morgan fingerprint density at radius 1 is 1.19 bits per heavy atom. The van der Waals surface area contributed by atoms with Gasteiger partial charge in [-0.15, -0.1) is 11.3 Å². The maximum absolute atomic E-state index is 13.9. The molecule has 0 spiro atoms. The predicted molar refractivity (Wildman–Crippen MR) is 134 cm³/mol. The first kappa shape index (κ1) is 27.0. The summed E-state index contributed by atoms with van der Waals surface area (Å²) in [5.74, 6) is -2.11. The van der Waals surface area contributed by atoms with E-state index in [0.717, 1.165) is 23.8 Å². The number of morpholine rings is 1. The maximum atomic E-state index is 13.9. The summed E-state index contributed by atoms with van der Waals surface area (Å²) in [5.41, 5.74) is -0.326. The molecule has 0 radical (unpaired) electrons. The minimum atomic E-state index is -2.91. The van der Waals surface area contributed by atoms with Crippen LogP contribution >= 0.6 is 22.9 Å². The molecule has 4 rings (SSSR count).